The molecule has 0 unspecified atom stereocenters. The highest BCUT2D eigenvalue weighted by atomic mass is 16.3. The molecule has 5 rings (SSSR count). The monoisotopic (exact) mass is 446 g/mol. The molecule has 33 heavy (non-hydrogen) atoms. The summed E-state index contributed by atoms with van der Waals surface area (Å²) in [5.74, 6) is 1.77. The predicted octanol–water partition coefficient (Wildman–Crippen LogP) is 2.88. The summed E-state index contributed by atoms with van der Waals surface area (Å²) < 4.78 is 3.65. The molecule has 8 heteroatoms. The summed E-state index contributed by atoms with van der Waals surface area (Å²) in [5.41, 5.74) is 3.10. The summed E-state index contributed by atoms with van der Waals surface area (Å²) in [6.07, 6.45) is 2.09. The maximum atomic E-state index is 12.9. The third-order valence-corrected chi connectivity index (χ3v) is 6.70. The lowest BCUT2D eigenvalue weighted by Gasteiger charge is -2.31. The van der Waals surface area contributed by atoms with Gasteiger partial charge in [-0.3, -0.25) is 18.7 Å². The molecule has 1 aliphatic heterocycles. The molecule has 2 aromatic carbocycles. The molecule has 0 bridgehead atoms. The van der Waals surface area contributed by atoms with Gasteiger partial charge in [-0.05, 0) is 62.5 Å². The topological polar surface area (TPSA) is 87.7 Å². The SMILES string of the molecule is CCn1c(=O)c2ccccc2n2c(CNc3ccccc3CN3CCC(CO)CC3)nnc12. The predicted molar refractivity (Wildman–Crippen MR) is 129 cm³/mol. The third kappa shape index (κ3) is 4.12. The number of aliphatic hydroxyl groups excluding tert-OH is 1. The van der Waals surface area contributed by atoms with Crippen LogP contribution in [0.4, 0.5) is 5.69 Å². The third-order valence-electron chi connectivity index (χ3n) is 6.70. The number of anilines is 1. The first-order valence-electron chi connectivity index (χ1n) is 11.7. The van der Waals surface area contributed by atoms with Crippen molar-refractivity contribution >= 4 is 22.4 Å². The van der Waals surface area contributed by atoms with E-state index in [1.54, 1.807) is 4.57 Å². The molecule has 0 spiro atoms. The van der Waals surface area contributed by atoms with Crippen LogP contribution in [-0.4, -0.2) is 48.9 Å². The van der Waals surface area contributed by atoms with Crippen molar-refractivity contribution in [3.8, 4) is 0 Å². The van der Waals surface area contributed by atoms with Gasteiger partial charge in [0.1, 0.15) is 0 Å². The maximum Gasteiger partial charge on any atom is 0.262 e. The number of aromatic nitrogens is 4. The molecular formula is C25H30N6O2. The van der Waals surface area contributed by atoms with E-state index in [2.05, 4.69) is 38.6 Å². The average molecular weight is 447 g/mol. The summed E-state index contributed by atoms with van der Waals surface area (Å²) >= 11 is 0. The Labute approximate surface area is 192 Å². The van der Waals surface area contributed by atoms with Crippen LogP contribution < -0.4 is 10.9 Å². The number of rotatable bonds is 7. The number of nitrogens with one attached hydrogen (secondary N) is 1. The van der Waals surface area contributed by atoms with Crippen LogP contribution in [0.5, 0.6) is 0 Å². The van der Waals surface area contributed by atoms with E-state index in [1.165, 1.54) is 5.56 Å². The second-order valence-corrected chi connectivity index (χ2v) is 8.73. The number of hydrogen-bond acceptors (Lipinski definition) is 6. The molecular weight excluding hydrogens is 416 g/mol. The first-order chi connectivity index (χ1) is 16.2. The Morgan fingerprint density at radius 3 is 2.61 bits per heavy atom. The molecule has 4 aromatic rings. The van der Waals surface area contributed by atoms with Gasteiger partial charge < -0.3 is 10.4 Å². The Morgan fingerprint density at radius 1 is 1.06 bits per heavy atom. The normalized spacial score (nSPS) is 15.5. The van der Waals surface area contributed by atoms with Crippen molar-refractivity contribution in [2.75, 3.05) is 25.0 Å². The van der Waals surface area contributed by atoms with Crippen LogP contribution in [0.2, 0.25) is 0 Å². The van der Waals surface area contributed by atoms with Crippen LogP contribution in [-0.2, 0) is 19.6 Å². The number of likely N-dealkylation sites (tertiary alicyclic amines) is 1. The smallest absolute Gasteiger partial charge is 0.262 e. The molecule has 1 aliphatic rings. The average Bonchev–Trinajstić information content (AvgIpc) is 3.28. The molecule has 3 heterocycles. The van der Waals surface area contributed by atoms with Crippen LogP contribution in [0.15, 0.2) is 53.3 Å². The number of fused-ring (bicyclic) bond motifs is 3. The molecule has 0 atom stereocenters. The van der Waals surface area contributed by atoms with Gasteiger partial charge in [0.25, 0.3) is 5.56 Å². The summed E-state index contributed by atoms with van der Waals surface area (Å²) in [6.45, 7) is 6.16. The minimum atomic E-state index is -0.0391. The van der Waals surface area contributed by atoms with E-state index in [0.29, 0.717) is 36.8 Å². The first-order valence-corrected chi connectivity index (χ1v) is 11.7. The zero-order chi connectivity index (χ0) is 22.8. The fourth-order valence-corrected chi connectivity index (χ4v) is 4.79. The highest BCUT2D eigenvalue weighted by Gasteiger charge is 2.20. The zero-order valence-electron chi connectivity index (χ0n) is 18.9. The van der Waals surface area contributed by atoms with Gasteiger partial charge in [0.2, 0.25) is 5.78 Å². The quantitative estimate of drug-likeness (QED) is 0.454. The molecule has 1 saturated heterocycles. The fraction of sp³-hybridized carbons (Fsp3) is 0.400. The van der Waals surface area contributed by atoms with Crippen molar-refractivity contribution in [1.29, 1.82) is 0 Å². The minimum Gasteiger partial charge on any atom is -0.396 e. The van der Waals surface area contributed by atoms with Gasteiger partial charge >= 0.3 is 0 Å². The molecule has 1 fully saturated rings. The number of nitrogens with zero attached hydrogens (tertiary/aromatic N) is 5. The van der Waals surface area contributed by atoms with Crippen molar-refractivity contribution < 1.29 is 5.11 Å². The molecule has 172 valence electrons. The molecule has 0 saturated carbocycles. The second-order valence-electron chi connectivity index (χ2n) is 8.73. The summed E-state index contributed by atoms with van der Waals surface area (Å²) in [4.78, 5) is 15.3. The van der Waals surface area contributed by atoms with Crippen molar-refractivity contribution in [3.05, 3.63) is 70.3 Å². The van der Waals surface area contributed by atoms with Crippen LogP contribution >= 0.6 is 0 Å². The standard InChI is InChI=1S/C25H30N6O2/c1-2-30-24(33)20-8-4-6-10-22(20)31-23(27-28-25(30)31)15-26-21-9-5-3-7-19(21)16-29-13-11-18(17-32)12-14-29/h3-10,18,26,32H,2,11-17H2,1H3. The first kappa shape index (κ1) is 21.6. The van der Waals surface area contributed by atoms with E-state index in [0.717, 1.165) is 49.5 Å². The largest absolute Gasteiger partial charge is 0.396 e. The Morgan fingerprint density at radius 2 is 1.82 bits per heavy atom. The Bertz CT molecular complexity index is 1320. The van der Waals surface area contributed by atoms with E-state index in [-0.39, 0.29) is 5.56 Å². The lowest BCUT2D eigenvalue weighted by molar-refractivity contribution is 0.127. The zero-order valence-corrected chi connectivity index (χ0v) is 18.9. The van der Waals surface area contributed by atoms with Gasteiger partial charge in [0.05, 0.1) is 17.4 Å². The highest BCUT2D eigenvalue weighted by molar-refractivity contribution is 5.80. The molecule has 8 nitrogen and oxygen atoms in total. The molecule has 0 radical (unpaired) electrons. The van der Waals surface area contributed by atoms with Gasteiger partial charge in [-0.1, -0.05) is 30.3 Å². The van der Waals surface area contributed by atoms with Crippen molar-refractivity contribution in [2.24, 2.45) is 5.92 Å². The van der Waals surface area contributed by atoms with Crippen LogP contribution in [0.3, 0.4) is 0 Å². The number of hydrogen-bond donors (Lipinski definition) is 2. The number of benzene rings is 2. The van der Waals surface area contributed by atoms with E-state index in [9.17, 15) is 9.90 Å². The van der Waals surface area contributed by atoms with E-state index in [1.807, 2.05) is 41.7 Å². The summed E-state index contributed by atoms with van der Waals surface area (Å²) in [7, 11) is 0. The summed E-state index contributed by atoms with van der Waals surface area (Å²) in [5, 5.41) is 22.4. The van der Waals surface area contributed by atoms with Crippen LogP contribution in [0.1, 0.15) is 31.2 Å². The lowest BCUT2D eigenvalue weighted by atomic mass is 9.97. The number of aryl methyl sites for hydroxylation is 1. The minimum absolute atomic E-state index is 0.0391. The summed E-state index contributed by atoms with van der Waals surface area (Å²) in [6, 6.07) is 16.0. The van der Waals surface area contributed by atoms with E-state index in [4.69, 9.17) is 0 Å². The Hall–Kier alpha value is -3.23. The highest BCUT2D eigenvalue weighted by Crippen LogP contribution is 2.23. The van der Waals surface area contributed by atoms with Crippen molar-refractivity contribution in [1.82, 2.24) is 24.1 Å². The molecule has 0 aliphatic carbocycles. The molecule has 0 amide bonds. The van der Waals surface area contributed by atoms with Crippen molar-refractivity contribution in [3.63, 3.8) is 0 Å². The van der Waals surface area contributed by atoms with Crippen LogP contribution in [0, 0.1) is 5.92 Å². The number of para-hydroxylation sites is 2. The Kier molecular flexibility index (Phi) is 6.11. The van der Waals surface area contributed by atoms with Gasteiger partial charge in [-0.2, -0.15) is 0 Å². The van der Waals surface area contributed by atoms with Gasteiger partial charge in [0, 0.05) is 25.4 Å². The van der Waals surface area contributed by atoms with E-state index >= 15 is 0 Å². The van der Waals surface area contributed by atoms with Gasteiger partial charge in [-0.25, -0.2) is 0 Å². The van der Waals surface area contributed by atoms with Gasteiger partial charge in [0.15, 0.2) is 5.82 Å². The maximum absolute atomic E-state index is 12.9. The molecule has 2 N–H and O–H groups in total. The van der Waals surface area contributed by atoms with Gasteiger partial charge in [-0.15, -0.1) is 10.2 Å². The number of piperidine rings is 1. The molecule has 2 aromatic heterocycles. The van der Waals surface area contributed by atoms with Crippen LogP contribution in [0.25, 0.3) is 16.7 Å². The fourth-order valence-electron chi connectivity index (χ4n) is 4.79. The lowest BCUT2D eigenvalue weighted by Crippen LogP contribution is -2.34. The van der Waals surface area contributed by atoms with E-state index < -0.39 is 0 Å². The second kappa shape index (κ2) is 9.33. The van der Waals surface area contributed by atoms with Crippen molar-refractivity contribution in [2.45, 2.75) is 39.4 Å². The number of aliphatic hydroxyl groups is 1. The Balaban J connectivity index is 1.41.